The number of rotatable bonds is 10. The first kappa shape index (κ1) is 30.1. The normalized spacial score (nSPS) is 12.0. The molecule has 0 unspecified atom stereocenters. The predicted molar refractivity (Wildman–Crippen MR) is 185 cm³/mol. The zero-order valence-corrected chi connectivity index (χ0v) is 26.1. The first-order chi connectivity index (χ1) is 22.0. The number of carboxylic acid groups (broad SMARTS) is 1. The van der Waals surface area contributed by atoms with Crippen molar-refractivity contribution < 1.29 is 19.2 Å². The zero-order valence-electron chi connectivity index (χ0n) is 24.4. The van der Waals surface area contributed by atoms with E-state index < -0.39 is 18.8 Å². The molecule has 0 radical (unpaired) electrons. The Bertz CT molecular complexity index is 1830. The van der Waals surface area contributed by atoms with Crippen molar-refractivity contribution in [1.82, 2.24) is 0 Å². The second-order valence-corrected chi connectivity index (χ2v) is 16.2. The van der Waals surface area contributed by atoms with Crippen LogP contribution in [0.2, 0.25) is 0 Å². The summed E-state index contributed by atoms with van der Waals surface area (Å²) in [5.74, 6) is -1.50. The molecule has 0 fully saturated rings. The fourth-order valence-electron chi connectivity index (χ4n) is 5.88. The molecule has 0 aliphatic heterocycles. The summed E-state index contributed by atoms with van der Waals surface area (Å²) in [6, 6.07) is 54.5. The van der Waals surface area contributed by atoms with Crippen LogP contribution in [-0.4, -0.2) is 17.0 Å². The van der Waals surface area contributed by atoms with E-state index in [1.807, 2.05) is 91.0 Å². The quantitative estimate of drug-likeness (QED) is 0.155. The van der Waals surface area contributed by atoms with Crippen LogP contribution in [0.5, 0.6) is 0 Å². The van der Waals surface area contributed by atoms with Crippen LogP contribution in [0.4, 0.5) is 0 Å². The Morgan fingerprint density at radius 1 is 0.511 bits per heavy atom. The number of hydrogen-bond acceptors (Lipinski definition) is 4. The molecule has 0 saturated carbocycles. The minimum atomic E-state index is -4.09. The summed E-state index contributed by atoms with van der Waals surface area (Å²) in [6.45, 7) is -4.09. The molecule has 6 aromatic rings. The Balaban J connectivity index is 1.61. The number of aromatic carboxylic acids is 1. The van der Waals surface area contributed by atoms with Gasteiger partial charge in [-0.3, -0.25) is 0 Å². The van der Waals surface area contributed by atoms with Crippen LogP contribution in [-0.2, 0) is 10.7 Å². The number of benzene rings is 6. The number of carbonyl (C=O) groups excluding carboxylic acids is 1. The molecule has 222 valence electrons. The van der Waals surface area contributed by atoms with Crippen LogP contribution < -0.4 is 15.9 Å². The summed E-state index contributed by atoms with van der Waals surface area (Å²) in [5, 5.41) is 12.6. The van der Waals surface area contributed by atoms with Gasteiger partial charge in [-0.15, -0.1) is 0 Å². The summed E-state index contributed by atoms with van der Waals surface area (Å²) in [4.78, 5) is 28.0. The molecule has 0 heterocycles. The molecule has 4 nitrogen and oxygen atoms in total. The average molecular weight is 627 g/mol. The molecular formula is C39H31O4PS. The number of hydrogen-bond donors (Lipinski definition) is 1. The molecule has 0 aromatic heterocycles. The molecule has 0 spiro atoms. The monoisotopic (exact) mass is 626 g/mol. The molecular weight excluding hydrogens is 595 g/mol. The van der Waals surface area contributed by atoms with E-state index in [-0.39, 0.29) is 5.56 Å². The van der Waals surface area contributed by atoms with Gasteiger partial charge in [-0.05, 0) is 0 Å². The third-order valence-corrected chi connectivity index (χ3v) is 14.8. The van der Waals surface area contributed by atoms with E-state index >= 15 is 0 Å². The van der Waals surface area contributed by atoms with Crippen molar-refractivity contribution in [3.63, 3.8) is 0 Å². The topological polar surface area (TPSA) is 63.6 Å². The first-order valence-corrected chi connectivity index (χ1v) is 17.7. The van der Waals surface area contributed by atoms with Crippen LogP contribution in [0.15, 0.2) is 180 Å². The molecule has 0 aliphatic rings. The van der Waals surface area contributed by atoms with Gasteiger partial charge in [0.1, 0.15) is 0 Å². The van der Waals surface area contributed by atoms with Crippen molar-refractivity contribution >= 4 is 46.4 Å². The van der Waals surface area contributed by atoms with Gasteiger partial charge in [-0.2, -0.15) is 0 Å². The Morgan fingerprint density at radius 3 is 1.36 bits per heavy atom. The molecule has 0 aliphatic carbocycles. The maximum absolute atomic E-state index is 14.9. The zero-order chi connectivity index (χ0) is 31.1. The second kappa shape index (κ2) is 13.0. The number of carboxylic acids is 1. The Morgan fingerprint density at radius 2 is 0.889 bits per heavy atom. The average Bonchev–Trinajstić information content (AvgIpc) is 3.10. The van der Waals surface area contributed by atoms with Gasteiger partial charge < -0.3 is 0 Å². The van der Waals surface area contributed by atoms with E-state index in [4.69, 9.17) is 4.52 Å². The van der Waals surface area contributed by atoms with Gasteiger partial charge in [0.25, 0.3) is 0 Å². The third kappa shape index (κ3) is 5.69. The summed E-state index contributed by atoms with van der Waals surface area (Å²) >= 11 is 1.25. The predicted octanol–water partition coefficient (Wildman–Crippen LogP) is 8.34. The van der Waals surface area contributed by atoms with Gasteiger partial charge in [0.2, 0.25) is 0 Å². The van der Waals surface area contributed by atoms with E-state index in [0.29, 0.717) is 21.5 Å². The maximum atomic E-state index is 14.9. The molecule has 0 amide bonds. The third-order valence-electron chi connectivity index (χ3n) is 7.96. The number of carbonyl (C=O) groups is 2. The van der Waals surface area contributed by atoms with Crippen molar-refractivity contribution in [2.45, 2.75) is 16.0 Å². The van der Waals surface area contributed by atoms with Gasteiger partial charge in [0.05, 0.1) is 0 Å². The van der Waals surface area contributed by atoms with E-state index in [2.05, 4.69) is 48.5 Å². The van der Waals surface area contributed by atoms with Crippen molar-refractivity contribution in [2.24, 2.45) is 0 Å². The Kier molecular flexibility index (Phi) is 8.66. The first-order valence-electron chi connectivity index (χ1n) is 14.6. The van der Waals surface area contributed by atoms with E-state index in [0.717, 1.165) is 21.5 Å². The summed E-state index contributed by atoms with van der Waals surface area (Å²) < 4.78 is 7.29. The van der Waals surface area contributed by atoms with Crippen molar-refractivity contribution in [2.75, 3.05) is 0 Å². The molecule has 6 aromatic carbocycles. The van der Waals surface area contributed by atoms with Gasteiger partial charge in [-0.25, -0.2) is 0 Å². The molecule has 1 N–H and O–H groups in total. The van der Waals surface area contributed by atoms with Gasteiger partial charge in [-0.1, -0.05) is 0 Å². The van der Waals surface area contributed by atoms with Crippen LogP contribution in [0, 0.1) is 0 Å². The molecule has 6 rings (SSSR count). The van der Waals surface area contributed by atoms with Gasteiger partial charge >= 0.3 is 268 Å². The van der Waals surface area contributed by atoms with Crippen molar-refractivity contribution in [3.8, 4) is 0 Å². The fourth-order valence-corrected chi connectivity index (χ4v) is 12.5. The van der Waals surface area contributed by atoms with Crippen molar-refractivity contribution in [1.29, 1.82) is 0 Å². The summed E-state index contributed by atoms with van der Waals surface area (Å²) in [6.07, 6.45) is 0.452. The standard InChI is InChI=1S/C39H31O4PS/c40-38(41)34-25-13-15-27-36(34)45-37-28-16-14-26-35(37)39(42)43-44(31-19-7-2-8-20-31,32-21-9-3-10-22-32,33-23-11-4-12-24-33)29-30-17-5-1-6-18-30/h1-28H,29H2,(H,40,41). The van der Waals surface area contributed by atoms with E-state index in [1.54, 1.807) is 30.3 Å². The Hall–Kier alpha value is -4.96. The minimum absolute atomic E-state index is 0.173. The van der Waals surface area contributed by atoms with Crippen LogP contribution in [0.25, 0.3) is 0 Å². The fraction of sp³-hybridized carbons (Fsp3) is 0.0256. The van der Waals surface area contributed by atoms with Gasteiger partial charge in [0, 0.05) is 0 Å². The Labute approximate surface area is 267 Å². The van der Waals surface area contributed by atoms with Gasteiger partial charge in [0.15, 0.2) is 0 Å². The van der Waals surface area contributed by atoms with Crippen LogP contribution >= 0.6 is 18.6 Å². The van der Waals surface area contributed by atoms with Crippen LogP contribution in [0.1, 0.15) is 26.3 Å². The second-order valence-electron chi connectivity index (χ2n) is 10.6. The molecule has 0 atom stereocenters. The summed E-state index contributed by atoms with van der Waals surface area (Å²) in [5.41, 5.74) is 1.58. The molecule has 0 saturated heterocycles. The van der Waals surface area contributed by atoms with Crippen molar-refractivity contribution in [3.05, 3.63) is 187 Å². The van der Waals surface area contributed by atoms with Crippen LogP contribution in [0.3, 0.4) is 0 Å². The van der Waals surface area contributed by atoms with E-state index in [9.17, 15) is 14.7 Å². The summed E-state index contributed by atoms with van der Waals surface area (Å²) in [7, 11) is 0. The molecule has 6 heteroatoms. The van der Waals surface area contributed by atoms with E-state index in [1.165, 1.54) is 11.8 Å². The molecule has 0 bridgehead atoms. The SMILES string of the molecule is O=C(O)c1ccccc1Sc1ccccc1C(=O)OP(Cc1ccccc1)(c1ccccc1)(c1ccccc1)c1ccccc1. The molecule has 45 heavy (non-hydrogen) atoms.